The summed E-state index contributed by atoms with van der Waals surface area (Å²) < 4.78 is 0. The summed E-state index contributed by atoms with van der Waals surface area (Å²) in [6.45, 7) is 5.09. The summed E-state index contributed by atoms with van der Waals surface area (Å²) in [5.41, 5.74) is 0.204. The summed E-state index contributed by atoms with van der Waals surface area (Å²) in [4.78, 5) is 2.52. The Labute approximate surface area is 119 Å². The lowest BCUT2D eigenvalue weighted by Gasteiger charge is -2.41. The van der Waals surface area contributed by atoms with Gasteiger partial charge in [0.2, 0.25) is 0 Å². The number of aliphatic hydroxyl groups excluding tert-OH is 1. The molecule has 0 aromatic rings. The van der Waals surface area contributed by atoms with E-state index < -0.39 is 0 Å². The van der Waals surface area contributed by atoms with Gasteiger partial charge in [-0.3, -0.25) is 0 Å². The molecule has 0 aromatic carbocycles. The van der Waals surface area contributed by atoms with E-state index in [0.29, 0.717) is 6.61 Å². The van der Waals surface area contributed by atoms with Gasteiger partial charge in [0.15, 0.2) is 0 Å². The van der Waals surface area contributed by atoms with Gasteiger partial charge in [-0.2, -0.15) is 0 Å². The molecule has 0 saturated heterocycles. The predicted molar refractivity (Wildman–Crippen MR) is 81.2 cm³/mol. The van der Waals surface area contributed by atoms with Crippen LogP contribution in [0.15, 0.2) is 0 Å². The third kappa shape index (κ3) is 4.46. The molecule has 2 heteroatoms. The minimum absolute atomic E-state index is 0.204. The predicted octanol–water partition coefficient (Wildman–Crippen LogP) is 3.69. The first-order valence-corrected chi connectivity index (χ1v) is 8.43. The Morgan fingerprint density at radius 2 is 1.68 bits per heavy atom. The molecule has 19 heavy (non-hydrogen) atoms. The molecule has 2 aliphatic carbocycles. The Morgan fingerprint density at radius 3 is 2.26 bits per heavy atom. The van der Waals surface area contributed by atoms with Crippen molar-refractivity contribution in [3.63, 3.8) is 0 Å². The highest BCUT2D eigenvalue weighted by Gasteiger charge is 2.34. The van der Waals surface area contributed by atoms with Gasteiger partial charge in [0.25, 0.3) is 0 Å². The zero-order valence-electron chi connectivity index (χ0n) is 13.0. The molecule has 1 N–H and O–H groups in total. The van der Waals surface area contributed by atoms with Crippen molar-refractivity contribution >= 4 is 0 Å². The molecule has 0 spiro atoms. The first kappa shape index (κ1) is 15.3. The number of aliphatic hydroxyl groups is 1. The van der Waals surface area contributed by atoms with Crippen LogP contribution in [0, 0.1) is 17.3 Å². The lowest BCUT2D eigenvalue weighted by Crippen LogP contribution is -2.42. The standard InChI is InChI=1S/C17H33NO/c1-15-8-10-17(14-19,11-9-15)13-18(2)12-16-6-4-3-5-7-16/h15-16,19H,3-14H2,1-2H3. The van der Waals surface area contributed by atoms with Crippen molar-refractivity contribution in [3.8, 4) is 0 Å². The molecule has 0 bridgehead atoms. The van der Waals surface area contributed by atoms with Crippen LogP contribution in [0.3, 0.4) is 0 Å². The molecule has 0 aromatic heterocycles. The molecule has 0 radical (unpaired) electrons. The maximum atomic E-state index is 9.86. The quantitative estimate of drug-likeness (QED) is 0.821. The minimum atomic E-state index is 0.204. The van der Waals surface area contributed by atoms with Crippen molar-refractivity contribution in [2.75, 3.05) is 26.7 Å². The molecular weight excluding hydrogens is 234 g/mol. The zero-order chi connectivity index (χ0) is 13.7. The fraction of sp³-hybridized carbons (Fsp3) is 1.00. The Balaban J connectivity index is 1.80. The molecule has 2 fully saturated rings. The zero-order valence-corrected chi connectivity index (χ0v) is 13.0. The Kier molecular flexibility index (Phi) is 5.70. The topological polar surface area (TPSA) is 23.5 Å². The fourth-order valence-electron chi connectivity index (χ4n) is 4.19. The van der Waals surface area contributed by atoms with E-state index in [2.05, 4.69) is 18.9 Å². The molecule has 112 valence electrons. The van der Waals surface area contributed by atoms with E-state index in [-0.39, 0.29) is 5.41 Å². The van der Waals surface area contributed by atoms with E-state index in [1.807, 2.05) is 0 Å². The highest BCUT2D eigenvalue weighted by atomic mass is 16.3. The van der Waals surface area contributed by atoms with E-state index in [1.165, 1.54) is 64.3 Å². The van der Waals surface area contributed by atoms with Gasteiger partial charge >= 0.3 is 0 Å². The first-order valence-electron chi connectivity index (χ1n) is 8.43. The monoisotopic (exact) mass is 267 g/mol. The van der Waals surface area contributed by atoms with E-state index in [4.69, 9.17) is 0 Å². The van der Waals surface area contributed by atoms with Gasteiger partial charge in [-0.15, -0.1) is 0 Å². The molecule has 0 amide bonds. The third-order valence-electron chi connectivity index (χ3n) is 5.57. The number of nitrogens with zero attached hydrogens (tertiary/aromatic N) is 1. The van der Waals surface area contributed by atoms with Crippen LogP contribution in [0.4, 0.5) is 0 Å². The molecule has 2 aliphatic rings. The van der Waals surface area contributed by atoms with Crippen molar-refractivity contribution < 1.29 is 5.11 Å². The van der Waals surface area contributed by atoms with Crippen LogP contribution in [-0.4, -0.2) is 36.8 Å². The van der Waals surface area contributed by atoms with Crippen LogP contribution < -0.4 is 0 Å². The lowest BCUT2D eigenvalue weighted by atomic mass is 9.71. The van der Waals surface area contributed by atoms with Gasteiger partial charge in [-0.05, 0) is 44.6 Å². The smallest absolute Gasteiger partial charge is 0.0499 e. The summed E-state index contributed by atoms with van der Waals surface area (Å²) in [5, 5.41) is 9.86. The summed E-state index contributed by atoms with van der Waals surface area (Å²) >= 11 is 0. The van der Waals surface area contributed by atoms with Gasteiger partial charge < -0.3 is 10.0 Å². The first-order chi connectivity index (χ1) is 9.13. The van der Waals surface area contributed by atoms with Crippen molar-refractivity contribution in [1.29, 1.82) is 0 Å². The Bertz CT molecular complexity index is 252. The Morgan fingerprint density at radius 1 is 1.05 bits per heavy atom. The SMILES string of the molecule is CC1CCC(CO)(CN(C)CC2CCCCC2)CC1. The lowest BCUT2D eigenvalue weighted by molar-refractivity contribution is 0.0311. The van der Waals surface area contributed by atoms with Crippen LogP contribution in [-0.2, 0) is 0 Å². The maximum Gasteiger partial charge on any atom is 0.0499 e. The van der Waals surface area contributed by atoms with Crippen LogP contribution in [0.2, 0.25) is 0 Å². The Hall–Kier alpha value is -0.0800. The van der Waals surface area contributed by atoms with Crippen LogP contribution in [0.1, 0.15) is 64.7 Å². The summed E-state index contributed by atoms with van der Waals surface area (Å²) in [6, 6.07) is 0. The van der Waals surface area contributed by atoms with Crippen molar-refractivity contribution in [1.82, 2.24) is 4.90 Å². The van der Waals surface area contributed by atoms with Crippen molar-refractivity contribution in [3.05, 3.63) is 0 Å². The van der Waals surface area contributed by atoms with Crippen LogP contribution in [0.25, 0.3) is 0 Å². The molecule has 0 aliphatic heterocycles. The van der Waals surface area contributed by atoms with E-state index in [9.17, 15) is 5.11 Å². The van der Waals surface area contributed by atoms with Gasteiger partial charge in [0, 0.05) is 25.1 Å². The van der Waals surface area contributed by atoms with Gasteiger partial charge in [-0.25, -0.2) is 0 Å². The normalized spacial score (nSPS) is 33.8. The van der Waals surface area contributed by atoms with E-state index >= 15 is 0 Å². The number of hydrogen-bond acceptors (Lipinski definition) is 2. The van der Waals surface area contributed by atoms with Crippen LogP contribution >= 0.6 is 0 Å². The largest absolute Gasteiger partial charge is 0.396 e. The fourth-order valence-corrected chi connectivity index (χ4v) is 4.19. The van der Waals surface area contributed by atoms with Crippen molar-refractivity contribution in [2.45, 2.75) is 64.7 Å². The highest BCUT2D eigenvalue weighted by Crippen LogP contribution is 2.39. The van der Waals surface area contributed by atoms with Gasteiger partial charge in [0.1, 0.15) is 0 Å². The molecule has 2 nitrogen and oxygen atoms in total. The highest BCUT2D eigenvalue weighted by molar-refractivity contribution is 4.87. The summed E-state index contributed by atoms with van der Waals surface area (Å²) in [6.07, 6.45) is 12.2. The van der Waals surface area contributed by atoms with Gasteiger partial charge in [0.05, 0.1) is 0 Å². The van der Waals surface area contributed by atoms with E-state index in [0.717, 1.165) is 18.4 Å². The molecule has 2 saturated carbocycles. The molecular formula is C17H33NO. The van der Waals surface area contributed by atoms with Gasteiger partial charge in [-0.1, -0.05) is 39.0 Å². The average Bonchev–Trinajstić information content (AvgIpc) is 2.43. The minimum Gasteiger partial charge on any atom is -0.396 e. The molecule has 0 atom stereocenters. The number of rotatable bonds is 5. The summed E-state index contributed by atoms with van der Waals surface area (Å²) in [5.74, 6) is 1.78. The maximum absolute atomic E-state index is 9.86. The molecule has 2 rings (SSSR count). The van der Waals surface area contributed by atoms with Crippen molar-refractivity contribution in [2.24, 2.45) is 17.3 Å². The second-order valence-corrected chi connectivity index (χ2v) is 7.54. The van der Waals surface area contributed by atoms with E-state index in [1.54, 1.807) is 0 Å². The summed E-state index contributed by atoms with van der Waals surface area (Å²) in [7, 11) is 2.27. The third-order valence-corrected chi connectivity index (χ3v) is 5.57. The second kappa shape index (κ2) is 7.08. The second-order valence-electron chi connectivity index (χ2n) is 7.54. The average molecular weight is 267 g/mol. The molecule has 0 heterocycles. The molecule has 0 unspecified atom stereocenters. The number of hydrogen-bond donors (Lipinski definition) is 1. The van der Waals surface area contributed by atoms with Crippen LogP contribution in [0.5, 0.6) is 0 Å².